The summed E-state index contributed by atoms with van der Waals surface area (Å²) in [4.78, 5) is 10.6. The predicted octanol–water partition coefficient (Wildman–Crippen LogP) is 11.4. The molecule has 8 aromatic rings. The van der Waals surface area contributed by atoms with E-state index in [1.165, 1.54) is 42.1 Å². The van der Waals surface area contributed by atoms with Crippen molar-refractivity contribution in [3.63, 3.8) is 0 Å². The normalized spacial score (nSPS) is 13.9. The minimum atomic E-state index is 0.727. The van der Waals surface area contributed by atoms with Gasteiger partial charge in [0.25, 0.3) is 0 Å². The van der Waals surface area contributed by atoms with Gasteiger partial charge in [-0.2, -0.15) is 0 Å². The summed E-state index contributed by atoms with van der Waals surface area (Å²) in [7, 11) is 0. The lowest BCUT2D eigenvalue weighted by molar-refractivity contribution is 1.05. The van der Waals surface area contributed by atoms with Crippen LogP contribution in [0, 0.1) is 0 Å². The molecule has 218 valence electrons. The zero-order chi connectivity index (χ0) is 30.5. The van der Waals surface area contributed by atoms with Crippen molar-refractivity contribution in [1.82, 2.24) is 4.57 Å². The number of benzene rings is 6. The van der Waals surface area contributed by atoms with E-state index in [-0.39, 0.29) is 0 Å². The molecule has 46 heavy (non-hydrogen) atoms. The van der Waals surface area contributed by atoms with E-state index in [1.54, 1.807) is 0 Å². The van der Waals surface area contributed by atoms with Gasteiger partial charge in [0.15, 0.2) is 5.84 Å². The topological polar surface area (TPSA) is 29.6 Å². The van der Waals surface area contributed by atoms with Gasteiger partial charge in [-0.1, -0.05) is 121 Å². The van der Waals surface area contributed by atoms with Crippen molar-refractivity contribution in [1.29, 1.82) is 0 Å². The summed E-state index contributed by atoms with van der Waals surface area (Å²) < 4.78 is 4.95. The molecule has 6 aromatic carbocycles. The number of aromatic nitrogens is 1. The van der Waals surface area contributed by atoms with Gasteiger partial charge in [0, 0.05) is 36.5 Å². The maximum absolute atomic E-state index is 5.38. The first-order valence-corrected chi connectivity index (χ1v) is 16.5. The second kappa shape index (κ2) is 11.1. The largest absolute Gasteiger partial charge is 0.294 e. The molecule has 0 saturated carbocycles. The summed E-state index contributed by atoms with van der Waals surface area (Å²) in [5.41, 5.74) is 8.01. The molecule has 1 aliphatic heterocycles. The number of nitrogens with zero attached hydrogens (tertiary/aromatic N) is 3. The first kappa shape index (κ1) is 26.8. The van der Waals surface area contributed by atoms with E-state index in [0.717, 1.165) is 52.4 Å². The number of para-hydroxylation sites is 1. The Kier molecular flexibility index (Phi) is 6.46. The number of thiophene rings is 1. The Labute approximate surface area is 271 Å². The van der Waals surface area contributed by atoms with Crippen LogP contribution in [-0.4, -0.2) is 16.1 Å². The minimum Gasteiger partial charge on any atom is -0.294 e. The van der Waals surface area contributed by atoms with Gasteiger partial charge in [0.05, 0.1) is 16.7 Å². The van der Waals surface area contributed by atoms with Crippen molar-refractivity contribution in [3.05, 3.63) is 163 Å². The molecular formula is C42H29N3S. The molecule has 0 amide bonds. The molecule has 0 saturated heterocycles. The van der Waals surface area contributed by atoms with E-state index < -0.39 is 0 Å². The number of hydrogen-bond acceptors (Lipinski definition) is 3. The molecule has 0 unspecified atom stereocenters. The standard InChI is InChI=1S/C42H29N3S/c1-4-14-28(15-5-1)31-21-12-24-38-41(31)34-26-37-33(27-39(34)46-38)32-20-10-11-23-36(32)45(37)40-25-13-22-35(29-16-6-2-7-17-29)43-42(44-40)30-18-8-3-9-19-30/h1-12,14-21,23-27H,13,22H2. The molecule has 0 atom stereocenters. The highest BCUT2D eigenvalue weighted by atomic mass is 32.1. The van der Waals surface area contributed by atoms with Gasteiger partial charge >= 0.3 is 0 Å². The number of fused-ring (bicyclic) bond motifs is 6. The first-order valence-electron chi connectivity index (χ1n) is 15.7. The summed E-state index contributed by atoms with van der Waals surface area (Å²) in [5.74, 6) is 1.63. The molecule has 0 aliphatic carbocycles. The van der Waals surface area contributed by atoms with Crippen molar-refractivity contribution >= 4 is 70.7 Å². The van der Waals surface area contributed by atoms with E-state index in [4.69, 9.17) is 9.98 Å². The fourth-order valence-corrected chi connectivity index (χ4v) is 7.94. The Morgan fingerprint density at radius 3 is 2.00 bits per heavy atom. The Bertz CT molecular complexity index is 2500. The van der Waals surface area contributed by atoms with Gasteiger partial charge in [-0.15, -0.1) is 11.3 Å². The highest BCUT2D eigenvalue weighted by Gasteiger charge is 2.20. The number of aliphatic imine (C=N–C) groups is 2. The molecule has 0 radical (unpaired) electrons. The highest BCUT2D eigenvalue weighted by Crippen LogP contribution is 2.44. The van der Waals surface area contributed by atoms with Crippen LogP contribution in [0.25, 0.3) is 58.9 Å². The quantitative estimate of drug-likeness (QED) is 0.190. The van der Waals surface area contributed by atoms with Gasteiger partial charge in [0.2, 0.25) is 0 Å². The van der Waals surface area contributed by atoms with Crippen LogP contribution < -0.4 is 0 Å². The molecule has 0 N–H and O–H groups in total. The van der Waals surface area contributed by atoms with Crippen molar-refractivity contribution < 1.29 is 0 Å². The smallest absolute Gasteiger partial charge is 0.161 e. The third-order valence-corrected chi connectivity index (χ3v) is 10.0. The SMILES string of the molecule is C1=C(n2c3ccccc3c3cc4sc5cccc(-c6ccccc6)c5c4cc32)N=C(c2ccccc2)N=C(c2ccccc2)CC1. The van der Waals surface area contributed by atoms with Crippen LogP contribution in [0.15, 0.2) is 162 Å². The van der Waals surface area contributed by atoms with E-state index in [9.17, 15) is 0 Å². The molecule has 1 aliphatic rings. The summed E-state index contributed by atoms with van der Waals surface area (Å²) in [6, 6.07) is 51.7. The average molecular weight is 608 g/mol. The van der Waals surface area contributed by atoms with E-state index >= 15 is 0 Å². The van der Waals surface area contributed by atoms with Crippen LogP contribution in [0.1, 0.15) is 24.0 Å². The predicted molar refractivity (Wildman–Crippen MR) is 197 cm³/mol. The minimum absolute atomic E-state index is 0.727. The van der Waals surface area contributed by atoms with Crippen LogP contribution in [0.4, 0.5) is 0 Å². The Balaban J connectivity index is 1.32. The number of allylic oxidation sites excluding steroid dienone is 1. The van der Waals surface area contributed by atoms with Crippen molar-refractivity contribution in [2.24, 2.45) is 9.98 Å². The zero-order valence-electron chi connectivity index (χ0n) is 25.1. The fourth-order valence-electron chi connectivity index (χ4n) is 6.79. The second-order valence-corrected chi connectivity index (χ2v) is 12.8. The van der Waals surface area contributed by atoms with Crippen LogP contribution >= 0.6 is 11.3 Å². The van der Waals surface area contributed by atoms with Crippen LogP contribution in [0.3, 0.4) is 0 Å². The van der Waals surface area contributed by atoms with Crippen LogP contribution in [0.2, 0.25) is 0 Å². The monoisotopic (exact) mass is 607 g/mol. The molecule has 0 fully saturated rings. The maximum atomic E-state index is 5.38. The zero-order valence-corrected chi connectivity index (χ0v) is 25.9. The number of hydrogen-bond donors (Lipinski definition) is 0. The maximum Gasteiger partial charge on any atom is 0.161 e. The number of amidine groups is 1. The number of rotatable bonds is 4. The molecule has 2 aromatic heterocycles. The lowest BCUT2D eigenvalue weighted by Gasteiger charge is -2.15. The van der Waals surface area contributed by atoms with Gasteiger partial charge in [-0.25, -0.2) is 9.98 Å². The van der Waals surface area contributed by atoms with Crippen LogP contribution in [-0.2, 0) is 0 Å². The van der Waals surface area contributed by atoms with Gasteiger partial charge < -0.3 is 0 Å². The van der Waals surface area contributed by atoms with Gasteiger partial charge in [0.1, 0.15) is 5.82 Å². The highest BCUT2D eigenvalue weighted by molar-refractivity contribution is 7.26. The molecule has 3 heterocycles. The third-order valence-electron chi connectivity index (χ3n) is 8.91. The van der Waals surface area contributed by atoms with Gasteiger partial charge in [-0.3, -0.25) is 4.57 Å². The van der Waals surface area contributed by atoms with E-state index in [1.807, 2.05) is 17.4 Å². The fraction of sp³-hybridized carbons (Fsp3) is 0.0476. The summed E-state index contributed by atoms with van der Waals surface area (Å²) in [6.45, 7) is 0. The summed E-state index contributed by atoms with van der Waals surface area (Å²) in [6.07, 6.45) is 3.96. The Morgan fingerprint density at radius 2 is 1.22 bits per heavy atom. The van der Waals surface area contributed by atoms with E-state index in [2.05, 4.69) is 150 Å². The van der Waals surface area contributed by atoms with Crippen molar-refractivity contribution in [2.45, 2.75) is 12.8 Å². The van der Waals surface area contributed by atoms with Crippen molar-refractivity contribution in [3.8, 4) is 11.1 Å². The van der Waals surface area contributed by atoms with E-state index in [0.29, 0.717) is 0 Å². The molecule has 3 nitrogen and oxygen atoms in total. The summed E-state index contributed by atoms with van der Waals surface area (Å²) in [5, 5.41) is 5.06. The average Bonchev–Trinajstić information content (AvgIpc) is 3.63. The van der Waals surface area contributed by atoms with Crippen molar-refractivity contribution in [2.75, 3.05) is 0 Å². The molecule has 0 bridgehead atoms. The first-order chi connectivity index (χ1) is 22.8. The summed E-state index contributed by atoms with van der Waals surface area (Å²) >= 11 is 1.87. The molecule has 9 rings (SSSR count). The van der Waals surface area contributed by atoms with Gasteiger partial charge in [-0.05, 0) is 59.9 Å². The molecule has 4 heteroatoms. The second-order valence-electron chi connectivity index (χ2n) is 11.7. The van der Waals surface area contributed by atoms with Crippen LogP contribution in [0.5, 0.6) is 0 Å². The lowest BCUT2D eigenvalue weighted by atomic mass is 9.99. The third kappa shape index (κ3) is 4.49. The molecule has 0 spiro atoms. The lowest BCUT2D eigenvalue weighted by Crippen LogP contribution is -2.10. The Morgan fingerprint density at radius 1 is 0.522 bits per heavy atom. The molecular weight excluding hydrogens is 579 g/mol. The Hall–Kier alpha value is -5.58.